The Labute approximate surface area is 95.6 Å². The van der Waals surface area contributed by atoms with Crippen molar-refractivity contribution in [3.05, 3.63) is 0 Å². The van der Waals surface area contributed by atoms with E-state index in [4.69, 9.17) is 5.11 Å². The first-order chi connectivity index (χ1) is 7.66. The first-order valence-corrected chi connectivity index (χ1v) is 5.30. The summed E-state index contributed by atoms with van der Waals surface area (Å²) >= 11 is 0. The average Bonchev–Trinajstić information content (AvgIpc) is 2.23. The number of urea groups is 1. The lowest BCUT2D eigenvalue weighted by molar-refractivity contribution is -0.137. The number of carboxylic acid groups (broad SMARTS) is 1. The summed E-state index contributed by atoms with van der Waals surface area (Å²) in [7, 11) is 0. The van der Waals surface area contributed by atoms with E-state index in [2.05, 4.69) is 22.5 Å². The molecule has 0 aliphatic carbocycles. The van der Waals surface area contributed by atoms with Gasteiger partial charge in [-0.1, -0.05) is 12.3 Å². The Balaban J connectivity index is 3.26. The molecule has 0 rings (SSSR count). The molecule has 0 heterocycles. The van der Waals surface area contributed by atoms with Gasteiger partial charge in [0.2, 0.25) is 0 Å². The highest BCUT2D eigenvalue weighted by atomic mass is 16.4. The van der Waals surface area contributed by atoms with Gasteiger partial charge in [0.15, 0.2) is 0 Å². The van der Waals surface area contributed by atoms with E-state index in [1.54, 1.807) is 6.92 Å². The first kappa shape index (κ1) is 14.3. The Morgan fingerprint density at radius 2 is 1.94 bits per heavy atom. The second-order valence-electron chi connectivity index (χ2n) is 3.24. The van der Waals surface area contributed by atoms with Gasteiger partial charge in [-0.3, -0.25) is 4.79 Å². The number of carbonyl (C=O) groups excluding carboxylic acids is 1. The third-order valence-electron chi connectivity index (χ3n) is 1.87. The highest BCUT2D eigenvalue weighted by Gasteiger charge is 1.98. The van der Waals surface area contributed by atoms with Crippen LogP contribution in [0.1, 0.15) is 32.6 Å². The van der Waals surface area contributed by atoms with E-state index >= 15 is 0 Å². The van der Waals surface area contributed by atoms with Crippen LogP contribution in [0.3, 0.4) is 0 Å². The highest BCUT2D eigenvalue weighted by Crippen LogP contribution is 1.98. The summed E-state index contributed by atoms with van der Waals surface area (Å²) in [5.41, 5.74) is 0. The number of nitrogens with one attached hydrogen (secondary N) is 2. The minimum Gasteiger partial charge on any atom is -0.481 e. The molecule has 5 heteroatoms. The fourth-order valence-corrected chi connectivity index (χ4v) is 1.06. The van der Waals surface area contributed by atoms with Crippen LogP contribution in [-0.4, -0.2) is 30.2 Å². The molecule has 0 aliphatic rings. The van der Waals surface area contributed by atoms with Gasteiger partial charge in [0, 0.05) is 13.0 Å². The van der Waals surface area contributed by atoms with Crippen LogP contribution in [0.4, 0.5) is 4.79 Å². The van der Waals surface area contributed by atoms with Crippen molar-refractivity contribution in [1.29, 1.82) is 0 Å². The number of rotatable bonds is 7. The minimum atomic E-state index is -0.774. The third kappa shape index (κ3) is 10.4. The third-order valence-corrected chi connectivity index (χ3v) is 1.87. The number of amides is 2. The number of hydrogen-bond acceptors (Lipinski definition) is 2. The molecule has 0 bridgehead atoms. The largest absolute Gasteiger partial charge is 0.481 e. The lowest BCUT2D eigenvalue weighted by atomic mass is 10.2. The van der Waals surface area contributed by atoms with Gasteiger partial charge >= 0.3 is 12.0 Å². The van der Waals surface area contributed by atoms with E-state index in [1.807, 2.05) is 0 Å². The highest BCUT2D eigenvalue weighted by molar-refractivity contribution is 5.74. The van der Waals surface area contributed by atoms with E-state index in [0.717, 1.165) is 12.8 Å². The normalized spacial score (nSPS) is 8.81. The molecule has 0 saturated carbocycles. The van der Waals surface area contributed by atoms with Crippen molar-refractivity contribution in [3.63, 3.8) is 0 Å². The Bertz CT molecular complexity index is 279. The molecule has 0 aromatic carbocycles. The zero-order valence-electron chi connectivity index (χ0n) is 9.51. The van der Waals surface area contributed by atoms with Gasteiger partial charge in [-0.15, -0.1) is 5.92 Å². The Hall–Kier alpha value is -1.70. The molecule has 0 spiro atoms. The molecule has 5 nitrogen and oxygen atoms in total. The number of carbonyl (C=O) groups is 2. The summed E-state index contributed by atoms with van der Waals surface area (Å²) in [5, 5.41) is 13.6. The second kappa shape index (κ2) is 9.84. The zero-order valence-corrected chi connectivity index (χ0v) is 9.51. The van der Waals surface area contributed by atoms with Gasteiger partial charge in [-0.25, -0.2) is 4.79 Å². The minimum absolute atomic E-state index is 0.193. The topological polar surface area (TPSA) is 78.4 Å². The van der Waals surface area contributed by atoms with Crippen molar-refractivity contribution in [2.24, 2.45) is 0 Å². The fourth-order valence-electron chi connectivity index (χ4n) is 1.06. The maximum Gasteiger partial charge on any atom is 0.315 e. The molecule has 2 amide bonds. The van der Waals surface area contributed by atoms with Gasteiger partial charge in [0.1, 0.15) is 0 Å². The van der Waals surface area contributed by atoms with Crippen molar-refractivity contribution in [1.82, 2.24) is 10.6 Å². The van der Waals surface area contributed by atoms with Crippen molar-refractivity contribution >= 4 is 12.0 Å². The summed E-state index contributed by atoms with van der Waals surface area (Å²) in [5.74, 6) is 4.61. The van der Waals surface area contributed by atoms with Gasteiger partial charge in [0.05, 0.1) is 6.54 Å². The summed E-state index contributed by atoms with van der Waals surface area (Å²) in [6.45, 7) is 2.62. The maximum absolute atomic E-state index is 11.1. The standard InChI is InChI=1S/C11H18N2O3/c1-2-3-8-12-11(16)13-9-6-4-5-7-10(14)15/h4-9H2,1H3,(H,14,15)(H2,12,13,16). The van der Waals surface area contributed by atoms with E-state index in [-0.39, 0.29) is 12.5 Å². The van der Waals surface area contributed by atoms with Crippen LogP contribution < -0.4 is 10.6 Å². The summed E-state index contributed by atoms with van der Waals surface area (Å²) in [6, 6.07) is -0.235. The van der Waals surface area contributed by atoms with Crippen LogP contribution in [0.15, 0.2) is 0 Å². The van der Waals surface area contributed by atoms with Crippen LogP contribution in [-0.2, 0) is 4.79 Å². The van der Waals surface area contributed by atoms with Gasteiger partial charge < -0.3 is 15.7 Å². The average molecular weight is 226 g/mol. The SMILES string of the molecule is CC#CCNC(=O)NCCCCCC(=O)O. The number of aliphatic carboxylic acids is 1. The monoisotopic (exact) mass is 226 g/mol. The van der Waals surface area contributed by atoms with Gasteiger partial charge in [0.25, 0.3) is 0 Å². The molecule has 3 N–H and O–H groups in total. The van der Waals surface area contributed by atoms with Crippen molar-refractivity contribution in [2.45, 2.75) is 32.6 Å². The molecular weight excluding hydrogens is 208 g/mol. The Morgan fingerprint density at radius 3 is 2.56 bits per heavy atom. The summed E-state index contributed by atoms with van der Waals surface area (Å²) < 4.78 is 0. The van der Waals surface area contributed by atoms with Crippen molar-refractivity contribution < 1.29 is 14.7 Å². The van der Waals surface area contributed by atoms with E-state index in [0.29, 0.717) is 19.5 Å². The molecular formula is C11H18N2O3. The molecule has 0 aromatic rings. The zero-order chi connectivity index (χ0) is 12.2. The lowest BCUT2D eigenvalue weighted by Gasteiger charge is -2.04. The van der Waals surface area contributed by atoms with Crippen LogP contribution in [0.5, 0.6) is 0 Å². The van der Waals surface area contributed by atoms with Crippen LogP contribution in [0.25, 0.3) is 0 Å². The molecule has 0 unspecified atom stereocenters. The predicted octanol–water partition coefficient (Wildman–Crippen LogP) is 0.954. The number of carboxylic acids is 1. The van der Waals surface area contributed by atoms with Gasteiger partial charge in [-0.05, 0) is 19.8 Å². The fraction of sp³-hybridized carbons (Fsp3) is 0.636. The maximum atomic E-state index is 11.1. The van der Waals surface area contributed by atoms with Crippen LogP contribution >= 0.6 is 0 Å². The van der Waals surface area contributed by atoms with E-state index in [9.17, 15) is 9.59 Å². The van der Waals surface area contributed by atoms with Crippen molar-refractivity contribution in [3.8, 4) is 11.8 Å². The first-order valence-electron chi connectivity index (χ1n) is 5.30. The molecule has 0 radical (unpaired) electrons. The second-order valence-corrected chi connectivity index (χ2v) is 3.24. The smallest absolute Gasteiger partial charge is 0.315 e. The lowest BCUT2D eigenvalue weighted by Crippen LogP contribution is -2.36. The molecule has 0 atom stereocenters. The molecule has 0 aliphatic heterocycles. The Kier molecular flexibility index (Phi) is 8.79. The summed E-state index contributed by atoms with van der Waals surface area (Å²) in [4.78, 5) is 21.3. The molecule has 90 valence electrons. The van der Waals surface area contributed by atoms with E-state index in [1.165, 1.54) is 0 Å². The Morgan fingerprint density at radius 1 is 1.19 bits per heavy atom. The van der Waals surface area contributed by atoms with Gasteiger partial charge in [-0.2, -0.15) is 0 Å². The van der Waals surface area contributed by atoms with Crippen LogP contribution in [0.2, 0.25) is 0 Å². The molecule has 0 fully saturated rings. The van der Waals surface area contributed by atoms with Crippen molar-refractivity contribution in [2.75, 3.05) is 13.1 Å². The van der Waals surface area contributed by atoms with E-state index < -0.39 is 5.97 Å². The molecule has 16 heavy (non-hydrogen) atoms. The predicted molar refractivity (Wildman–Crippen MR) is 61.0 cm³/mol. The quantitative estimate of drug-likeness (QED) is 0.447. The number of hydrogen-bond donors (Lipinski definition) is 3. The van der Waals surface area contributed by atoms with Crippen LogP contribution in [0, 0.1) is 11.8 Å². The molecule has 0 aromatic heterocycles. The number of unbranched alkanes of at least 4 members (excludes halogenated alkanes) is 2. The summed E-state index contributed by atoms with van der Waals surface area (Å²) in [6.07, 6.45) is 2.44. The molecule has 0 saturated heterocycles.